The van der Waals surface area contributed by atoms with Gasteiger partial charge in [-0.15, -0.1) is 24.0 Å². The number of aliphatic imine (C=N–C) groups is 1. The van der Waals surface area contributed by atoms with Crippen LogP contribution in [0, 0.1) is 0 Å². The van der Waals surface area contributed by atoms with Crippen LogP contribution in [0.25, 0.3) is 0 Å². The number of methoxy groups -OCH3 is 1. The number of nitrogens with one attached hydrogen (secondary N) is 2. The lowest BCUT2D eigenvalue weighted by Crippen LogP contribution is -2.38. The van der Waals surface area contributed by atoms with Crippen molar-refractivity contribution in [2.24, 2.45) is 4.99 Å². The van der Waals surface area contributed by atoms with Crippen molar-refractivity contribution in [3.05, 3.63) is 78.1 Å². The minimum Gasteiger partial charge on any atom is -0.493 e. The number of aromatic nitrogens is 2. The van der Waals surface area contributed by atoms with Crippen molar-refractivity contribution < 1.29 is 9.47 Å². The summed E-state index contributed by atoms with van der Waals surface area (Å²) < 4.78 is 13.4. The molecule has 0 aliphatic heterocycles. The summed E-state index contributed by atoms with van der Waals surface area (Å²) in [4.78, 5) is 4.69. The van der Waals surface area contributed by atoms with Crippen LogP contribution in [-0.4, -0.2) is 35.9 Å². The van der Waals surface area contributed by atoms with E-state index in [2.05, 4.69) is 22.7 Å². The number of rotatable bonds is 11. The van der Waals surface area contributed by atoms with Gasteiger partial charge in [-0.25, -0.2) is 4.99 Å². The maximum absolute atomic E-state index is 5.94. The van der Waals surface area contributed by atoms with Gasteiger partial charge in [0.25, 0.3) is 0 Å². The number of benzene rings is 2. The molecule has 0 aliphatic carbocycles. The first-order chi connectivity index (χ1) is 15.3. The lowest BCUT2D eigenvalue weighted by atomic mass is 10.2. The van der Waals surface area contributed by atoms with Gasteiger partial charge in [0.15, 0.2) is 17.5 Å². The zero-order valence-corrected chi connectivity index (χ0v) is 21.0. The summed E-state index contributed by atoms with van der Waals surface area (Å²) in [5, 5.41) is 10.9. The molecule has 3 aromatic rings. The Kier molecular flexibility index (Phi) is 11.4. The van der Waals surface area contributed by atoms with Crippen molar-refractivity contribution in [1.82, 2.24) is 20.4 Å². The Balaban J connectivity index is 0.00000363. The monoisotopic (exact) mass is 549 g/mol. The third-order valence-corrected chi connectivity index (χ3v) is 4.64. The molecule has 0 atom stereocenters. The molecule has 0 spiro atoms. The van der Waals surface area contributed by atoms with Crippen LogP contribution in [0.4, 0.5) is 0 Å². The summed E-state index contributed by atoms with van der Waals surface area (Å²) in [5.74, 6) is 2.23. The van der Waals surface area contributed by atoms with E-state index in [4.69, 9.17) is 14.5 Å². The van der Waals surface area contributed by atoms with Crippen molar-refractivity contribution in [3.8, 4) is 11.5 Å². The summed E-state index contributed by atoms with van der Waals surface area (Å²) in [6, 6.07) is 18.0. The average molecular weight is 549 g/mol. The second-order valence-electron chi connectivity index (χ2n) is 7.00. The fraction of sp³-hybridized carbons (Fsp3) is 0.333. The van der Waals surface area contributed by atoms with Crippen LogP contribution in [0.3, 0.4) is 0 Å². The number of guanidine groups is 1. The fourth-order valence-corrected chi connectivity index (χ4v) is 3.06. The summed E-state index contributed by atoms with van der Waals surface area (Å²) in [7, 11) is 1.66. The molecule has 0 aliphatic rings. The molecule has 2 N–H and O–H groups in total. The number of hydrogen-bond acceptors (Lipinski definition) is 4. The van der Waals surface area contributed by atoms with Crippen molar-refractivity contribution in [2.45, 2.75) is 33.0 Å². The Hall–Kier alpha value is -2.75. The SMILES string of the molecule is CCNC(=NCc1ccc(OCc2ccccc2)c(OC)c1)NCCCn1cccn1.I. The molecular formula is C24H32IN5O2. The number of hydrogen-bond donors (Lipinski definition) is 2. The van der Waals surface area contributed by atoms with Crippen LogP contribution in [0.5, 0.6) is 11.5 Å². The Bertz CT molecular complexity index is 933. The Morgan fingerprint density at radius 3 is 2.59 bits per heavy atom. The quantitative estimate of drug-likeness (QED) is 0.162. The highest BCUT2D eigenvalue weighted by molar-refractivity contribution is 14.0. The van der Waals surface area contributed by atoms with Gasteiger partial charge in [0.2, 0.25) is 0 Å². The number of ether oxygens (including phenoxy) is 2. The lowest BCUT2D eigenvalue weighted by Gasteiger charge is -2.13. The zero-order chi connectivity index (χ0) is 21.7. The van der Waals surface area contributed by atoms with Crippen molar-refractivity contribution in [2.75, 3.05) is 20.2 Å². The molecule has 0 bridgehead atoms. The molecule has 7 nitrogen and oxygen atoms in total. The number of nitrogens with zero attached hydrogens (tertiary/aromatic N) is 3. The average Bonchev–Trinajstić information content (AvgIpc) is 3.33. The van der Waals surface area contributed by atoms with Gasteiger partial charge in [0.05, 0.1) is 13.7 Å². The van der Waals surface area contributed by atoms with E-state index >= 15 is 0 Å². The molecule has 3 rings (SSSR count). The molecule has 0 fully saturated rings. The molecule has 1 heterocycles. The number of halogens is 1. The predicted molar refractivity (Wildman–Crippen MR) is 139 cm³/mol. The highest BCUT2D eigenvalue weighted by Gasteiger charge is 2.07. The molecule has 32 heavy (non-hydrogen) atoms. The van der Waals surface area contributed by atoms with Crippen molar-refractivity contribution >= 4 is 29.9 Å². The molecule has 1 aromatic heterocycles. The Morgan fingerprint density at radius 1 is 1.03 bits per heavy atom. The van der Waals surface area contributed by atoms with Crippen molar-refractivity contribution in [3.63, 3.8) is 0 Å². The third-order valence-electron chi connectivity index (χ3n) is 4.64. The topological polar surface area (TPSA) is 72.7 Å². The molecule has 0 amide bonds. The third kappa shape index (κ3) is 8.41. The van der Waals surface area contributed by atoms with Crippen LogP contribution in [0.1, 0.15) is 24.5 Å². The number of aryl methyl sites for hydroxylation is 1. The first-order valence-electron chi connectivity index (χ1n) is 10.6. The normalized spacial score (nSPS) is 10.9. The minimum absolute atomic E-state index is 0. The summed E-state index contributed by atoms with van der Waals surface area (Å²) in [6.45, 7) is 5.61. The lowest BCUT2D eigenvalue weighted by molar-refractivity contribution is 0.284. The van der Waals surface area contributed by atoms with E-state index in [0.717, 1.165) is 48.9 Å². The van der Waals surface area contributed by atoms with E-state index in [1.807, 2.05) is 65.5 Å². The largest absolute Gasteiger partial charge is 0.493 e. The van der Waals surface area contributed by atoms with E-state index < -0.39 is 0 Å². The van der Waals surface area contributed by atoms with E-state index in [1.165, 1.54) is 0 Å². The first kappa shape index (κ1) is 25.5. The molecule has 2 aromatic carbocycles. The summed E-state index contributed by atoms with van der Waals surface area (Å²) >= 11 is 0. The maximum Gasteiger partial charge on any atom is 0.191 e. The second kappa shape index (κ2) is 14.3. The smallest absolute Gasteiger partial charge is 0.191 e. The fourth-order valence-electron chi connectivity index (χ4n) is 3.06. The zero-order valence-electron chi connectivity index (χ0n) is 18.7. The highest BCUT2D eigenvalue weighted by Crippen LogP contribution is 2.29. The van der Waals surface area contributed by atoms with Crippen LogP contribution in [-0.2, 0) is 19.7 Å². The molecule has 0 radical (unpaired) electrons. The van der Waals surface area contributed by atoms with E-state index in [-0.39, 0.29) is 24.0 Å². The van der Waals surface area contributed by atoms with Gasteiger partial charge in [0, 0.05) is 32.0 Å². The maximum atomic E-state index is 5.94. The second-order valence-corrected chi connectivity index (χ2v) is 7.00. The standard InChI is InChI=1S/C24H31N5O2.HI/c1-3-25-24(26-13-7-15-29-16-8-14-28-29)27-18-21-11-12-22(23(17-21)30-2)31-19-20-9-5-4-6-10-20;/h4-6,8-12,14,16-17H,3,7,13,15,18-19H2,1-2H3,(H2,25,26,27);1H. The molecule has 172 valence electrons. The van der Waals surface area contributed by atoms with Crippen LogP contribution in [0.15, 0.2) is 72.0 Å². The van der Waals surface area contributed by atoms with Crippen molar-refractivity contribution in [1.29, 1.82) is 0 Å². The molecule has 0 saturated heterocycles. The van der Waals surface area contributed by atoms with Crippen LogP contribution >= 0.6 is 24.0 Å². The summed E-state index contributed by atoms with van der Waals surface area (Å²) in [5.41, 5.74) is 2.17. The Labute approximate surface area is 207 Å². The highest BCUT2D eigenvalue weighted by atomic mass is 127. The van der Waals surface area contributed by atoms with E-state index in [0.29, 0.717) is 18.9 Å². The predicted octanol–water partition coefficient (Wildman–Crippen LogP) is 4.23. The molecule has 0 saturated carbocycles. The van der Waals surface area contributed by atoms with Gasteiger partial charge in [-0.05, 0) is 42.7 Å². The van der Waals surface area contributed by atoms with Gasteiger partial charge >= 0.3 is 0 Å². The van der Waals surface area contributed by atoms with Crippen LogP contribution < -0.4 is 20.1 Å². The van der Waals surface area contributed by atoms with Crippen LogP contribution in [0.2, 0.25) is 0 Å². The summed E-state index contributed by atoms with van der Waals surface area (Å²) in [6.07, 6.45) is 4.73. The Morgan fingerprint density at radius 2 is 1.88 bits per heavy atom. The minimum atomic E-state index is 0. The molecular weight excluding hydrogens is 517 g/mol. The molecule has 8 heteroatoms. The van der Waals surface area contributed by atoms with E-state index in [1.54, 1.807) is 13.3 Å². The van der Waals surface area contributed by atoms with Gasteiger partial charge in [-0.3, -0.25) is 4.68 Å². The molecule has 0 unspecified atom stereocenters. The van der Waals surface area contributed by atoms with E-state index in [9.17, 15) is 0 Å². The first-order valence-corrected chi connectivity index (χ1v) is 10.6. The van der Waals surface area contributed by atoms with Gasteiger partial charge in [-0.2, -0.15) is 5.10 Å². The van der Waals surface area contributed by atoms with Gasteiger partial charge in [-0.1, -0.05) is 36.4 Å². The van der Waals surface area contributed by atoms with Gasteiger partial charge in [0.1, 0.15) is 6.61 Å². The van der Waals surface area contributed by atoms with Gasteiger partial charge < -0.3 is 20.1 Å².